The van der Waals surface area contributed by atoms with Gasteiger partial charge in [-0.25, -0.2) is 4.98 Å². The van der Waals surface area contributed by atoms with Crippen molar-refractivity contribution in [1.29, 1.82) is 5.26 Å². The molecule has 0 unspecified atom stereocenters. The Balaban J connectivity index is 1.63. The van der Waals surface area contributed by atoms with E-state index in [4.69, 9.17) is 5.26 Å². The molecule has 3 rings (SSSR count). The Kier molecular flexibility index (Phi) is 7.99. The van der Waals surface area contributed by atoms with Gasteiger partial charge in [0.1, 0.15) is 6.07 Å². The van der Waals surface area contributed by atoms with E-state index in [0.717, 1.165) is 45.6 Å². The molecule has 164 valence electrons. The molecule has 1 saturated heterocycles. The van der Waals surface area contributed by atoms with Gasteiger partial charge in [0.15, 0.2) is 11.5 Å². The van der Waals surface area contributed by atoms with Gasteiger partial charge in [-0.2, -0.15) is 5.26 Å². The Bertz CT molecular complexity index is 922. The largest absolute Gasteiger partial charge is 0.339 e. The minimum absolute atomic E-state index is 0.123. The third-order valence-electron chi connectivity index (χ3n) is 5.66. The lowest BCUT2D eigenvalue weighted by Crippen LogP contribution is -2.44. The standard InChI is InChI=1S/C24H32N6O/c1-24(2)9-7-19(8-10-24)5-6-20(18-30-14-12-26-13-15-30)4-3-11-27-23(31)22-28-17-21(16-25)29-22/h3-7,11,17,26H,8-10,12-15,18H2,1-2H3,(H,27,31)(H,28,29)/b6-5+,11-3+,20-4+. The number of hydrogen-bond donors (Lipinski definition) is 3. The van der Waals surface area contributed by atoms with Crippen LogP contribution in [0.25, 0.3) is 0 Å². The topological polar surface area (TPSA) is 96.8 Å². The van der Waals surface area contributed by atoms with E-state index in [1.54, 1.807) is 6.20 Å². The number of nitrogens with one attached hydrogen (secondary N) is 3. The number of nitriles is 1. The molecule has 1 aliphatic carbocycles. The highest BCUT2D eigenvalue weighted by molar-refractivity contribution is 5.91. The van der Waals surface area contributed by atoms with Crippen molar-refractivity contribution in [3.63, 3.8) is 0 Å². The third-order valence-corrected chi connectivity index (χ3v) is 5.66. The molecule has 7 nitrogen and oxygen atoms in total. The number of rotatable bonds is 7. The molecule has 1 aromatic rings. The molecule has 3 N–H and O–H groups in total. The number of carbonyl (C=O) groups excluding carboxylic acids is 1. The fourth-order valence-corrected chi connectivity index (χ4v) is 3.61. The zero-order chi connectivity index (χ0) is 22.1. The Morgan fingerprint density at radius 3 is 2.87 bits per heavy atom. The smallest absolute Gasteiger partial charge is 0.291 e. The van der Waals surface area contributed by atoms with Gasteiger partial charge >= 0.3 is 0 Å². The van der Waals surface area contributed by atoms with Crippen LogP contribution in [0.5, 0.6) is 0 Å². The lowest BCUT2D eigenvalue weighted by atomic mass is 9.78. The number of nitrogens with zero attached hydrogens (tertiary/aromatic N) is 3. The second-order valence-electron chi connectivity index (χ2n) is 8.83. The van der Waals surface area contributed by atoms with E-state index in [9.17, 15) is 4.79 Å². The number of hydrogen-bond acceptors (Lipinski definition) is 5. The monoisotopic (exact) mass is 420 g/mol. The summed E-state index contributed by atoms with van der Waals surface area (Å²) in [4.78, 5) is 21.1. The second-order valence-corrected chi connectivity index (χ2v) is 8.83. The Labute approximate surface area is 184 Å². The van der Waals surface area contributed by atoms with Crippen LogP contribution in [0, 0.1) is 16.7 Å². The minimum atomic E-state index is -0.375. The van der Waals surface area contributed by atoms with Crippen LogP contribution in [0.2, 0.25) is 0 Å². The predicted molar refractivity (Wildman–Crippen MR) is 122 cm³/mol. The van der Waals surface area contributed by atoms with Crippen molar-refractivity contribution in [3.05, 3.63) is 65.4 Å². The molecule has 7 heteroatoms. The van der Waals surface area contributed by atoms with Crippen molar-refractivity contribution in [2.24, 2.45) is 5.41 Å². The van der Waals surface area contributed by atoms with Gasteiger partial charge in [-0.3, -0.25) is 9.69 Å². The molecular weight excluding hydrogens is 388 g/mol. The summed E-state index contributed by atoms with van der Waals surface area (Å²) in [7, 11) is 0. The molecule has 1 aliphatic heterocycles. The lowest BCUT2D eigenvalue weighted by Gasteiger charge is -2.28. The number of carbonyl (C=O) groups is 1. The summed E-state index contributed by atoms with van der Waals surface area (Å²) in [5.41, 5.74) is 3.19. The van der Waals surface area contributed by atoms with Gasteiger partial charge in [-0.05, 0) is 36.3 Å². The first kappa shape index (κ1) is 22.7. The maximum Gasteiger partial charge on any atom is 0.291 e. The van der Waals surface area contributed by atoms with E-state index >= 15 is 0 Å². The van der Waals surface area contributed by atoms with Gasteiger partial charge in [0, 0.05) is 45.1 Å². The summed E-state index contributed by atoms with van der Waals surface area (Å²) in [6.07, 6.45) is 17.1. The van der Waals surface area contributed by atoms with Crippen molar-refractivity contribution < 1.29 is 4.79 Å². The highest BCUT2D eigenvalue weighted by atomic mass is 16.2. The summed E-state index contributed by atoms with van der Waals surface area (Å²) in [5.74, 6) is -0.251. The van der Waals surface area contributed by atoms with E-state index in [0.29, 0.717) is 5.41 Å². The number of piperazine rings is 1. The van der Waals surface area contributed by atoms with Crippen LogP contribution < -0.4 is 10.6 Å². The number of amides is 1. The number of aromatic nitrogens is 2. The van der Waals surface area contributed by atoms with Gasteiger partial charge in [0.05, 0.1) is 0 Å². The average molecular weight is 421 g/mol. The molecule has 2 heterocycles. The molecule has 2 aliphatic rings. The first-order valence-corrected chi connectivity index (χ1v) is 10.9. The highest BCUT2D eigenvalue weighted by Gasteiger charge is 2.20. The van der Waals surface area contributed by atoms with Gasteiger partial charge in [-0.1, -0.05) is 43.7 Å². The Morgan fingerprint density at radius 2 is 2.19 bits per heavy atom. The molecule has 0 atom stereocenters. The SMILES string of the molecule is CC1(C)CC=C(/C=C/C(=C\C=C\NC(=O)c2nc(C#N)c[nH]2)CN2CCNCC2)CC1. The van der Waals surface area contributed by atoms with Gasteiger partial charge < -0.3 is 15.6 Å². The van der Waals surface area contributed by atoms with Crippen LogP contribution in [-0.4, -0.2) is 53.5 Å². The summed E-state index contributed by atoms with van der Waals surface area (Å²) in [5, 5.41) is 14.9. The molecule has 0 radical (unpaired) electrons. The van der Waals surface area contributed by atoms with Crippen LogP contribution in [0.1, 0.15) is 49.4 Å². The summed E-state index contributed by atoms with van der Waals surface area (Å²) >= 11 is 0. The molecular formula is C24H32N6O. The lowest BCUT2D eigenvalue weighted by molar-refractivity contribution is 0.0961. The number of imidazole rings is 1. The number of H-pyrrole nitrogens is 1. The van der Waals surface area contributed by atoms with Gasteiger partial charge in [0.25, 0.3) is 5.91 Å². The van der Waals surface area contributed by atoms with E-state index in [-0.39, 0.29) is 17.4 Å². The zero-order valence-corrected chi connectivity index (χ0v) is 18.4. The number of aromatic amines is 1. The number of allylic oxidation sites excluding steroid dienone is 5. The summed E-state index contributed by atoms with van der Waals surface area (Å²) in [6, 6.07) is 1.90. The maximum absolute atomic E-state index is 12.1. The van der Waals surface area contributed by atoms with E-state index in [1.165, 1.54) is 23.8 Å². The Hall–Kier alpha value is -2.95. The van der Waals surface area contributed by atoms with Crippen molar-refractivity contribution in [1.82, 2.24) is 25.5 Å². The van der Waals surface area contributed by atoms with Crippen LogP contribution >= 0.6 is 0 Å². The van der Waals surface area contributed by atoms with E-state index in [1.807, 2.05) is 18.2 Å². The van der Waals surface area contributed by atoms with Gasteiger partial charge in [-0.15, -0.1) is 0 Å². The van der Waals surface area contributed by atoms with E-state index in [2.05, 4.69) is 57.6 Å². The maximum atomic E-state index is 12.1. The molecule has 0 aromatic carbocycles. The van der Waals surface area contributed by atoms with E-state index < -0.39 is 0 Å². The fraction of sp³-hybridized carbons (Fsp3) is 0.458. The zero-order valence-electron chi connectivity index (χ0n) is 18.4. The quantitative estimate of drug-likeness (QED) is 0.589. The second kappa shape index (κ2) is 10.9. The molecule has 1 amide bonds. The van der Waals surface area contributed by atoms with Crippen molar-refractivity contribution >= 4 is 5.91 Å². The van der Waals surface area contributed by atoms with Crippen LogP contribution in [0.15, 0.2) is 53.9 Å². The third kappa shape index (κ3) is 7.35. The first-order chi connectivity index (χ1) is 14.9. The van der Waals surface area contributed by atoms with Crippen molar-refractivity contribution in [2.75, 3.05) is 32.7 Å². The first-order valence-electron chi connectivity index (χ1n) is 10.9. The molecule has 1 fully saturated rings. The summed E-state index contributed by atoms with van der Waals surface area (Å²) in [6.45, 7) is 9.60. The van der Waals surface area contributed by atoms with Crippen LogP contribution in [-0.2, 0) is 0 Å². The molecule has 0 bridgehead atoms. The van der Waals surface area contributed by atoms with Crippen LogP contribution in [0.4, 0.5) is 0 Å². The van der Waals surface area contributed by atoms with Crippen molar-refractivity contribution in [3.8, 4) is 6.07 Å². The summed E-state index contributed by atoms with van der Waals surface area (Å²) < 4.78 is 0. The fourth-order valence-electron chi connectivity index (χ4n) is 3.61. The average Bonchev–Trinajstić information content (AvgIpc) is 3.25. The molecule has 0 spiro atoms. The Morgan fingerprint density at radius 1 is 1.39 bits per heavy atom. The molecule has 31 heavy (non-hydrogen) atoms. The predicted octanol–water partition coefficient (Wildman–Crippen LogP) is 3.05. The highest BCUT2D eigenvalue weighted by Crippen LogP contribution is 2.34. The minimum Gasteiger partial charge on any atom is -0.339 e. The molecule has 1 aromatic heterocycles. The van der Waals surface area contributed by atoms with Crippen molar-refractivity contribution in [2.45, 2.75) is 33.1 Å². The molecule has 0 saturated carbocycles. The van der Waals surface area contributed by atoms with Crippen LogP contribution in [0.3, 0.4) is 0 Å². The normalized spacial score (nSPS) is 20.0. The van der Waals surface area contributed by atoms with Gasteiger partial charge in [0.2, 0.25) is 0 Å².